The van der Waals surface area contributed by atoms with Gasteiger partial charge >= 0.3 is 13.2 Å². The zero-order chi connectivity index (χ0) is 16.6. The van der Waals surface area contributed by atoms with E-state index < -0.39 is 7.25 Å². The van der Waals surface area contributed by atoms with Crippen LogP contribution in [-0.4, -0.2) is 48.1 Å². The van der Waals surface area contributed by atoms with E-state index in [4.69, 9.17) is 0 Å². The first-order chi connectivity index (χ1) is 10.3. The summed E-state index contributed by atoms with van der Waals surface area (Å²) >= 11 is 0. The summed E-state index contributed by atoms with van der Waals surface area (Å²) in [5.74, 6) is 1.68. The molecule has 0 atom stereocenters. The molecule has 0 spiro atoms. The molecule has 2 rings (SSSR count). The number of likely N-dealkylation sites (tertiary alicyclic amines) is 1. The number of hydrogen-bond acceptors (Lipinski definition) is 1. The minimum absolute atomic E-state index is 0.359. The Balaban J connectivity index is 0.000000422. The highest BCUT2D eigenvalue weighted by Gasteiger charge is 2.30. The van der Waals surface area contributed by atoms with Gasteiger partial charge in [0.2, 0.25) is 0 Å². The number of hydrogen-bond donors (Lipinski definition) is 0. The van der Waals surface area contributed by atoms with Crippen LogP contribution in [0.3, 0.4) is 0 Å². The molecule has 2 heterocycles. The van der Waals surface area contributed by atoms with Gasteiger partial charge in [-0.1, -0.05) is 0 Å². The van der Waals surface area contributed by atoms with Crippen LogP contribution in [0, 0.1) is 0 Å². The molecular weight excluding hydrogens is 299 g/mol. The van der Waals surface area contributed by atoms with E-state index in [1.165, 1.54) is 37.9 Å². The van der Waals surface area contributed by atoms with Gasteiger partial charge in [0.25, 0.3) is 5.84 Å². The molecular formula is C14H25BF4N2O. The molecule has 1 amide bonds. The van der Waals surface area contributed by atoms with Gasteiger partial charge < -0.3 is 17.3 Å². The van der Waals surface area contributed by atoms with Crippen molar-refractivity contribution in [2.75, 3.05) is 19.6 Å². The highest BCUT2D eigenvalue weighted by atomic mass is 19.5. The second-order valence-electron chi connectivity index (χ2n) is 5.66. The third-order valence-corrected chi connectivity index (χ3v) is 3.96. The summed E-state index contributed by atoms with van der Waals surface area (Å²) in [7, 11) is -6.00. The van der Waals surface area contributed by atoms with Crippen LogP contribution in [-0.2, 0) is 4.79 Å². The van der Waals surface area contributed by atoms with Crippen LogP contribution in [0.5, 0.6) is 0 Å². The highest BCUT2D eigenvalue weighted by molar-refractivity contribution is 6.50. The van der Waals surface area contributed by atoms with E-state index in [9.17, 15) is 22.1 Å². The Morgan fingerprint density at radius 1 is 1.00 bits per heavy atom. The lowest BCUT2D eigenvalue weighted by molar-refractivity contribution is -0.529. The lowest BCUT2D eigenvalue weighted by Crippen LogP contribution is -2.42. The summed E-state index contributed by atoms with van der Waals surface area (Å²) in [4.78, 5) is 14.3. The lowest BCUT2D eigenvalue weighted by Gasteiger charge is -2.18. The molecule has 3 nitrogen and oxygen atoms in total. The maximum Gasteiger partial charge on any atom is 0.673 e. The largest absolute Gasteiger partial charge is 0.673 e. The predicted molar refractivity (Wildman–Crippen MR) is 79.5 cm³/mol. The minimum Gasteiger partial charge on any atom is -0.418 e. The second-order valence-corrected chi connectivity index (χ2v) is 5.66. The molecule has 0 aromatic rings. The molecule has 22 heavy (non-hydrogen) atoms. The summed E-state index contributed by atoms with van der Waals surface area (Å²) in [5.41, 5.74) is 0. The molecule has 128 valence electrons. The zero-order valence-corrected chi connectivity index (χ0v) is 13.2. The molecule has 8 heteroatoms. The van der Waals surface area contributed by atoms with Crippen LogP contribution in [0.1, 0.15) is 58.3 Å². The fraction of sp³-hybridized carbons (Fsp3) is 0.857. The van der Waals surface area contributed by atoms with Crippen LogP contribution in [0.4, 0.5) is 17.3 Å². The molecule has 0 bridgehead atoms. The van der Waals surface area contributed by atoms with E-state index in [0.29, 0.717) is 5.91 Å². The van der Waals surface area contributed by atoms with E-state index in [-0.39, 0.29) is 0 Å². The van der Waals surface area contributed by atoms with E-state index in [2.05, 4.69) is 16.4 Å². The van der Waals surface area contributed by atoms with Crippen LogP contribution in [0.15, 0.2) is 0 Å². The smallest absolute Gasteiger partial charge is 0.418 e. The molecule has 0 aromatic heterocycles. The van der Waals surface area contributed by atoms with E-state index in [1.807, 2.05) is 0 Å². The predicted octanol–water partition coefficient (Wildman–Crippen LogP) is 3.69. The van der Waals surface area contributed by atoms with Crippen molar-refractivity contribution < 1.29 is 26.6 Å². The molecule has 2 aliphatic heterocycles. The van der Waals surface area contributed by atoms with Crippen molar-refractivity contribution in [3.8, 4) is 0 Å². The van der Waals surface area contributed by atoms with Gasteiger partial charge in [-0.3, -0.25) is 4.58 Å². The normalized spacial score (nSPS) is 21.0. The van der Waals surface area contributed by atoms with Crippen molar-refractivity contribution in [2.45, 2.75) is 58.3 Å². The summed E-state index contributed by atoms with van der Waals surface area (Å²) in [6.45, 7) is 5.33. The van der Waals surface area contributed by atoms with Gasteiger partial charge in [-0.05, 0) is 45.4 Å². The average molecular weight is 324 g/mol. The number of carbonyl (C=O) groups excluding carboxylic acids is 1. The molecule has 0 unspecified atom stereocenters. The number of amidine groups is 1. The van der Waals surface area contributed by atoms with Crippen molar-refractivity contribution in [2.24, 2.45) is 0 Å². The van der Waals surface area contributed by atoms with Gasteiger partial charge in [0.15, 0.2) is 0 Å². The van der Waals surface area contributed by atoms with Crippen LogP contribution in [0.2, 0.25) is 0 Å². The highest BCUT2D eigenvalue weighted by Crippen LogP contribution is 2.16. The van der Waals surface area contributed by atoms with Gasteiger partial charge in [0, 0.05) is 12.8 Å². The minimum atomic E-state index is -6.00. The Morgan fingerprint density at radius 3 is 2.23 bits per heavy atom. The molecule has 0 N–H and O–H groups in total. The van der Waals surface area contributed by atoms with Gasteiger partial charge in [-0.15, -0.1) is 0 Å². The Bertz CT molecular complexity index is 393. The van der Waals surface area contributed by atoms with Gasteiger partial charge in [-0.2, -0.15) is 0 Å². The summed E-state index contributed by atoms with van der Waals surface area (Å²) in [6.07, 6.45) is 9.14. The van der Waals surface area contributed by atoms with Crippen molar-refractivity contribution in [1.29, 1.82) is 0 Å². The van der Waals surface area contributed by atoms with Gasteiger partial charge in [0.05, 0.1) is 19.6 Å². The van der Waals surface area contributed by atoms with Crippen LogP contribution >= 0.6 is 0 Å². The monoisotopic (exact) mass is 324 g/mol. The molecule has 2 aliphatic rings. The molecule has 1 fully saturated rings. The van der Waals surface area contributed by atoms with Crippen LogP contribution in [0.25, 0.3) is 0 Å². The van der Waals surface area contributed by atoms with E-state index >= 15 is 0 Å². The van der Waals surface area contributed by atoms with Crippen molar-refractivity contribution in [3.05, 3.63) is 0 Å². The Morgan fingerprint density at radius 2 is 1.59 bits per heavy atom. The SMILES string of the molecule is CC[N+]1=C(N2CCCCCC2=O)CCCCC1.F[B-](F)(F)F. The number of halogens is 4. The second kappa shape index (κ2) is 9.15. The van der Waals surface area contributed by atoms with Gasteiger partial charge in [-0.25, -0.2) is 9.69 Å². The number of rotatable bonds is 1. The Kier molecular flexibility index (Phi) is 7.89. The van der Waals surface area contributed by atoms with Crippen molar-refractivity contribution >= 4 is 19.0 Å². The third-order valence-electron chi connectivity index (χ3n) is 3.96. The first-order valence-corrected chi connectivity index (χ1v) is 8.11. The first-order valence-electron chi connectivity index (χ1n) is 8.11. The quantitative estimate of drug-likeness (QED) is 0.410. The third kappa shape index (κ3) is 7.27. The number of carbonyl (C=O) groups is 1. The molecule has 0 radical (unpaired) electrons. The molecule has 1 saturated heterocycles. The number of nitrogens with zero attached hydrogens (tertiary/aromatic N) is 2. The summed E-state index contributed by atoms with van der Waals surface area (Å²) < 4.78 is 41.4. The fourth-order valence-corrected chi connectivity index (χ4v) is 2.95. The van der Waals surface area contributed by atoms with E-state index in [1.54, 1.807) is 0 Å². The van der Waals surface area contributed by atoms with E-state index in [0.717, 1.165) is 38.9 Å². The maximum atomic E-state index is 12.2. The maximum absolute atomic E-state index is 12.2. The van der Waals surface area contributed by atoms with Crippen LogP contribution < -0.4 is 0 Å². The zero-order valence-electron chi connectivity index (χ0n) is 13.2. The lowest BCUT2D eigenvalue weighted by atomic mass is 10.2. The molecule has 0 saturated carbocycles. The Labute approximate surface area is 129 Å². The summed E-state index contributed by atoms with van der Waals surface area (Å²) in [6, 6.07) is 0. The molecule has 0 aromatic carbocycles. The van der Waals surface area contributed by atoms with Gasteiger partial charge in [0.1, 0.15) is 0 Å². The number of amides is 1. The first kappa shape index (κ1) is 19.0. The topological polar surface area (TPSA) is 23.3 Å². The molecule has 0 aliphatic carbocycles. The standard InChI is InChI=1S/C14H25N2O.BF4/c1-2-15-11-7-3-5-9-13(15)16-12-8-4-6-10-14(16)17;2-1(3,4)5/h2-12H2,1H3;/q+1;-1. The fourth-order valence-electron chi connectivity index (χ4n) is 2.95. The summed E-state index contributed by atoms with van der Waals surface area (Å²) in [5, 5.41) is 0. The Hall–Kier alpha value is -1.08. The average Bonchev–Trinajstić information content (AvgIpc) is 2.76. The van der Waals surface area contributed by atoms with Crippen molar-refractivity contribution in [3.63, 3.8) is 0 Å². The van der Waals surface area contributed by atoms with Crippen molar-refractivity contribution in [1.82, 2.24) is 4.90 Å².